The Morgan fingerprint density at radius 1 is 1.12 bits per heavy atom. The van der Waals surface area contributed by atoms with Gasteiger partial charge < -0.3 is 4.74 Å². The Morgan fingerprint density at radius 3 is 2.53 bits per heavy atom. The first kappa shape index (κ1) is 12.9. The summed E-state index contributed by atoms with van der Waals surface area (Å²) in [7, 11) is 2.19. The molecule has 4 unspecified atom stereocenters. The molecule has 96 valence electrons. The number of nitrogens with zero attached hydrogens (tertiary/aromatic N) is 2. The lowest BCUT2D eigenvalue weighted by atomic mass is 9.93. The molecule has 0 N–H and O–H groups in total. The quantitative estimate of drug-likeness (QED) is 0.691. The maximum atomic E-state index is 9.34. The summed E-state index contributed by atoms with van der Waals surface area (Å²) in [5, 5.41) is 9.34. The fourth-order valence-corrected chi connectivity index (χ4v) is 3.43. The van der Waals surface area contributed by atoms with Gasteiger partial charge in [-0.2, -0.15) is 5.26 Å². The average molecular weight is 236 g/mol. The van der Waals surface area contributed by atoms with Gasteiger partial charge in [-0.3, -0.25) is 4.90 Å². The van der Waals surface area contributed by atoms with Crippen molar-refractivity contribution < 1.29 is 4.74 Å². The lowest BCUT2D eigenvalue weighted by Crippen LogP contribution is -2.46. The first-order valence-electron chi connectivity index (χ1n) is 6.97. The molecule has 1 saturated heterocycles. The number of likely N-dealkylation sites (N-methyl/N-ethyl adjacent to an activating group) is 1. The highest BCUT2D eigenvalue weighted by atomic mass is 16.5. The van der Waals surface area contributed by atoms with Gasteiger partial charge in [-0.1, -0.05) is 19.3 Å². The predicted octanol–water partition coefficient (Wildman–Crippen LogP) is 2.57. The standard InChI is InChI=1S/C14H24N2O/c1-11-13(8-9-17-11)16(2)14-7-5-3-4-6-12(14)10-15/h11-14H,3-9H2,1-2H3. The maximum Gasteiger partial charge on any atom is 0.0703 e. The van der Waals surface area contributed by atoms with Crippen LogP contribution in [0, 0.1) is 17.2 Å². The molecular weight excluding hydrogens is 212 g/mol. The number of ether oxygens (including phenoxy) is 1. The molecule has 0 radical (unpaired) electrons. The molecule has 4 atom stereocenters. The SMILES string of the molecule is CC1OCCC1N(C)C1CCCCCC1C#N. The number of nitriles is 1. The zero-order valence-electron chi connectivity index (χ0n) is 11.1. The number of hydrogen-bond donors (Lipinski definition) is 0. The van der Waals surface area contributed by atoms with Gasteiger partial charge in [0.25, 0.3) is 0 Å². The van der Waals surface area contributed by atoms with Crippen LogP contribution in [0.25, 0.3) is 0 Å². The third kappa shape index (κ3) is 2.81. The molecule has 0 aromatic rings. The van der Waals surface area contributed by atoms with Crippen molar-refractivity contribution in [3.63, 3.8) is 0 Å². The lowest BCUT2D eigenvalue weighted by molar-refractivity contribution is 0.0568. The molecule has 0 spiro atoms. The third-order valence-corrected chi connectivity index (χ3v) is 4.53. The summed E-state index contributed by atoms with van der Waals surface area (Å²) in [6.07, 6.45) is 7.48. The highest BCUT2D eigenvalue weighted by molar-refractivity contribution is 4.96. The van der Waals surface area contributed by atoms with Crippen LogP contribution in [0.15, 0.2) is 0 Å². The average Bonchev–Trinajstić information content (AvgIpc) is 2.64. The van der Waals surface area contributed by atoms with E-state index in [0.29, 0.717) is 18.2 Å². The van der Waals surface area contributed by atoms with Crippen LogP contribution < -0.4 is 0 Å². The van der Waals surface area contributed by atoms with E-state index >= 15 is 0 Å². The number of rotatable bonds is 2. The monoisotopic (exact) mass is 236 g/mol. The third-order valence-electron chi connectivity index (χ3n) is 4.53. The van der Waals surface area contributed by atoms with Crippen molar-refractivity contribution in [1.29, 1.82) is 5.26 Å². The van der Waals surface area contributed by atoms with E-state index in [4.69, 9.17) is 4.74 Å². The van der Waals surface area contributed by atoms with Crippen molar-refractivity contribution in [3.8, 4) is 6.07 Å². The molecule has 0 amide bonds. The van der Waals surface area contributed by atoms with Gasteiger partial charge >= 0.3 is 0 Å². The fourth-order valence-electron chi connectivity index (χ4n) is 3.43. The van der Waals surface area contributed by atoms with Crippen LogP contribution in [0.4, 0.5) is 0 Å². The van der Waals surface area contributed by atoms with Crippen LogP contribution >= 0.6 is 0 Å². The van der Waals surface area contributed by atoms with Gasteiger partial charge in [0.1, 0.15) is 0 Å². The topological polar surface area (TPSA) is 36.3 Å². The van der Waals surface area contributed by atoms with Crippen LogP contribution in [-0.4, -0.2) is 36.7 Å². The van der Waals surface area contributed by atoms with E-state index in [1.165, 1.54) is 25.7 Å². The summed E-state index contributed by atoms with van der Waals surface area (Å²) in [5.41, 5.74) is 0. The van der Waals surface area contributed by atoms with Crippen molar-refractivity contribution in [3.05, 3.63) is 0 Å². The molecule has 3 heteroatoms. The van der Waals surface area contributed by atoms with E-state index in [2.05, 4.69) is 24.9 Å². The largest absolute Gasteiger partial charge is 0.377 e. The van der Waals surface area contributed by atoms with E-state index in [-0.39, 0.29) is 5.92 Å². The summed E-state index contributed by atoms with van der Waals surface area (Å²) >= 11 is 0. The Hall–Kier alpha value is -0.590. The second-order valence-electron chi connectivity index (χ2n) is 5.54. The minimum Gasteiger partial charge on any atom is -0.377 e. The van der Waals surface area contributed by atoms with Gasteiger partial charge in [-0.25, -0.2) is 0 Å². The van der Waals surface area contributed by atoms with Gasteiger partial charge in [0.05, 0.1) is 18.1 Å². The molecule has 0 aromatic carbocycles. The van der Waals surface area contributed by atoms with E-state index in [1.54, 1.807) is 0 Å². The normalized spacial score (nSPS) is 38.9. The molecule has 0 aromatic heterocycles. The Bertz CT molecular complexity index is 286. The predicted molar refractivity (Wildman–Crippen MR) is 67.6 cm³/mol. The van der Waals surface area contributed by atoms with Crippen LogP contribution in [-0.2, 0) is 4.74 Å². The zero-order valence-corrected chi connectivity index (χ0v) is 11.1. The molecule has 1 saturated carbocycles. The van der Waals surface area contributed by atoms with Crippen molar-refractivity contribution in [1.82, 2.24) is 4.90 Å². The summed E-state index contributed by atoms with van der Waals surface area (Å²) < 4.78 is 5.65. The molecule has 2 rings (SSSR count). The molecule has 2 fully saturated rings. The molecule has 3 nitrogen and oxygen atoms in total. The first-order chi connectivity index (χ1) is 8.24. The van der Waals surface area contributed by atoms with Crippen molar-refractivity contribution in [2.75, 3.05) is 13.7 Å². The van der Waals surface area contributed by atoms with Crippen LogP contribution in [0.5, 0.6) is 0 Å². The maximum absolute atomic E-state index is 9.34. The smallest absolute Gasteiger partial charge is 0.0703 e. The fraction of sp³-hybridized carbons (Fsp3) is 0.929. The van der Waals surface area contributed by atoms with Gasteiger partial charge in [0.15, 0.2) is 0 Å². The highest BCUT2D eigenvalue weighted by Gasteiger charge is 2.35. The Balaban J connectivity index is 2.04. The molecule has 17 heavy (non-hydrogen) atoms. The van der Waals surface area contributed by atoms with Crippen LogP contribution in [0.2, 0.25) is 0 Å². The molecule has 1 aliphatic heterocycles. The van der Waals surface area contributed by atoms with Gasteiger partial charge in [-0.15, -0.1) is 0 Å². The number of hydrogen-bond acceptors (Lipinski definition) is 3. The zero-order chi connectivity index (χ0) is 12.3. The highest BCUT2D eigenvalue weighted by Crippen LogP contribution is 2.30. The first-order valence-corrected chi connectivity index (χ1v) is 6.97. The second-order valence-corrected chi connectivity index (χ2v) is 5.54. The van der Waals surface area contributed by atoms with Gasteiger partial charge in [0.2, 0.25) is 0 Å². The van der Waals surface area contributed by atoms with Crippen molar-refractivity contribution in [2.45, 2.75) is 63.6 Å². The van der Waals surface area contributed by atoms with Crippen LogP contribution in [0.1, 0.15) is 45.4 Å². The van der Waals surface area contributed by atoms with Crippen LogP contribution in [0.3, 0.4) is 0 Å². The van der Waals surface area contributed by atoms with E-state index < -0.39 is 0 Å². The van der Waals surface area contributed by atoms with Crippen molar-refractivity contribution in [2.24, 2.45) is 5.92 Å². The lowest BCUT2D eigenvalue weighted by Gasteiger charge is -2.36. The van der Waals surface area contributed by atoms with E-state index in [0.717, 1.165) is 19.4 Å². The molecule has 1 heterocycles. The molecule has 2 aliphatic rings. The Morgan fingerprint density at radius 2 is 1.88 bits per heavy atom. The second kappa shape index (κ2) is 5.84. The van der Waals surface area contributed by atoms with Crippen molar-refractivity contribution >= 4 is 0 Å². The summed E-state index contributed by atoms with van der Waals surface area (Å²) in [6.45, 7) is 3.03. The van der Waals surface area contributed by atoms with E-state index in [1.807, 2.05) is 0 Å². The molecular formula is C14H24N2O. The molecule has 1 aliphatic carbocycles. The minimum atomic E-state index is 0.218. The molecule has 0 bridgehead atoms. The Kier molecular flexibility index (Phi) is 4.42. The summed E-state index contributed by atoms with van der Waals surface area (Å²) in [4.78, 5) is 2.44. The minimum absolute atomic E-state index is 0.218. The van der Waals surface area contributed by atoms with Gasteiger partial charge in [0, 0.05) is 18.7 Å². The summed E-state index contributed by atoms with van der Waals surface area (Å²) in [6, 6.07) is 3.48. The van der Waals surface area contributed by atoms with Gasteiger partial charge in [-0.05, 0) is 33.2 Å². The Labute approximate surface area is 105 Å². The van der Waals surface area contributed by atoms with E-state index in [9.17, 15) is 5.26 Å². The summed E-state index contributed by atoms with van der Waals surface area (Å²) in [5.74, 6) is 0.218.